The Morgan fingerprint density at radius 2 is 1.82 bits per heavy atom. The third-order valence-corrected chi connectivity index (χ3v) is 1.58. The molecule has 102 valence electrons. The van der Waals surface area contributed by atoms with Crippen molar-refractivity contribution in [3.8, 4) is 0 Å². The van der Waals surface area contributed by atoms with Gasteiger partial charge in [-0.1, -0.05) is 38.0 Å². The van der Waals surface area contributed by atoms with E-state index in [-0.39, 0.29) is 0 Å². The maximum atomic E-state index is 8.74. The summed E-state index contributed by atoms with van der Waals surface area (Å²) in [4.78, 5) is 0. The fourth-order valence-corrected chi connectivity index (χ4v) is 0.866. The molecule has 0 spiro atoms. The minimum atomic E-state index is -4.67. The van der Waals surface area contributed by atoms with E-state index in [0.29, 0.717) is 0 Å². The first-order chi connectivity index (χ1) is 7.91. The smallest absolute Gasteiger partial charge is 0.377 e. The predicted octanol–water partition coefficient (Wildman–Crippen LogP) is 2.67. The number of hydrogen-bond acceptors (Lipinski definition) is 3. The third kappa shape index (κ3) is 39.3. The average molecular weight is 266 g/mol. The molecule has 0 atom stereocenters. The van der Waals surface area contributed by atoms with Gasteiger partial charge in [-0.3, -0.25) is 9.11 Å². The van der Waals surface area contributed by atoms with Crippen LogP contribution in [-0.4, -0.2) is 30.7 Å². The molecule has 0 saturated heterocycles. The van der Waals surface area contributed by atoms with Crippen molar-refractivity contribution in [2.24, 2.45) is 0 Å². The Labute approximate surface area is 104 Å². The molecular formula is C11H22O5S. The summed E-state index contributed by atoms with van der Waals surface area (Å²) in [6.45, 7) is 7.47. The van der Waals surface area contributed by atoms with Gasteiger partial charge in [-0.25, -0.2) is 0 Å². The van der Waals surface area contributed by atoms with Crippen LogP contribution < -0.4 is 0 Å². The van der Waals surface area contributed by atoms with E-state index in [9.17, 15) is 0 Å². The Balaban J connectivity index is 0. The van der Waals surface area contributed by atoms with E-state index in [1.165, 1.54) is 19.3 Å². The monoisotopic (exact) mass is 266 g/mol. The van der Waals surface area contributed by atoms with Gasteiger partial charge >= 0.3 is 10.4 Å². The highest BCUT2D eigenvalue weighted by Crippen LogP contribution is 1.94. The summed E-state index contributed by atoms with van der Waals surface area (Å²) in [5.74, 6) is 0. The Morgan fingerprint density at radius 3 is 2.29 bits per heavy atom. The van der Waals surface area contributed by atoms with Crippen molar-refractivity contribution in [1.29, 1.82) is 0 Å². The van der Waals surface area contributed by atoms with Crippen LogP contribution >= 0.6 is 0 Å². The molecule has 6 heteroatoms. The van der Waals surface area contributed by atoms with E-state index < -0.39 is 10.4 Å². The van der Waals surface area contributed by atoms with Gasteiger partial charge in [0.15, 0.2) is 0 Å². The van der Waals surface area contributed by atoms with Crippen molar-refractivity contribution in [2.45, 2.75) is 32.6 Å². The van der Waals surface area contributed by atoms with Crippen LogP contribution in [0.1, 0.15) is 32.6 Å². The SMILES string of the molecule is C=CCC=CCOCCCCC.O=S(=O)(O)O. The summed E-state index contributed by atoms with van der Waals surface area (Å²) in [5, 5.41) is 0. The summed E-state index contributed by atoms with van der Waals surface area (Å²) in [6, 6.07) is 0. The summed E-state index contributed by atoms with van der Waals surface area (Å²) in [7, 11) is -4.67. The normalized spacial score (nSPS) is 11.0. The van der Waals surface area contributed by atoms with Gasteiger partial charge in [0.25, 0.3) is 0 Å². The zero-order chi connectivity index (χ0) is 13.6. The lowest BCUT2D eigenvalue weighted by Crippen LogP contribution is -1.93. The Morgan fingerprint density at radius 1 is 1.24 bits per heavy atom. The maximum Gasteiger partial charge on any atom is 0.394 e. The van der Waals surface area contributed by atoms with Crippen LogP contribution in [0, 0.1) is 0 Å². The highest BCUT2D eigenvalue weighted by Gasteiger charge is 1.85. The predicted molar refractivity (Wildman–Crippen MR) is 68.5 cm³/mol. The van der Waals surface area contributed by atoms with Crippen LogP contribution in [0.25, 0.3) is 0 Å². The van der Waals surface area contributed by atoms with E-state index in [1.54, 1.807) is 0 Å². The molecule has 5 nitrogen and oxygen atoms in total. The average Bonchev–Trinajstić information content (AvgIpc) is 2.20. The minimum Gasteiger partial charge on any atom is -0.377 e. The van der Waals surface area contributed by atoms with Crippen molar-refractivity contribution in [3.63, 3.8) is 0 Å². The molecule has 0 amide bonds. The van der Waals surface area contributed by atoms with Gasteiger partial charge in [0, 0.05) is 6.61 Å². The van der Waals surface area contributed by atoms with Crippen molar-refractivity contribution < 1.29 is 22.3 Å². The molecule has 0 fully saturated rings. The van der Waals surface area contributed by atoms with Gasteiger partial charge in [0.05, 0.1) is 6.61 Å². The van der Waals surface area contributed by atoms with Crippen LogP contribution in [0.2, 0.25) is 0 Å². The van der Waals surface area contributed by atoms with Gasteiger partial charge in [-0.05, 0) is 12.8 Å². The van der Waals surface area contributed by atoms with E-state index in [2.05, 4.69) is 19.6 Å². The zero-order valence-electron chi connectivity index (χ0n) is 10.2. The van der Waals surface area contributed by atoms with Crippen molar-refractivity contribution in [2.75, 3.05) is 13.2 Å². The Bertz CT molecular complexity index is 274. The van der Waals surface area contributed by atoms with E-state index in [4.69, 9.17) is 22.3 Å². The highest BCUT2D eigenvalue weighted by molar-refractivity contribution is 7.79. The molecule has 0 bridgehead atoms. The second kappa shape index (κ2) is 13.4. The number of ether oxygens (including phenoxy) is 1. The van der Waals surface area contributed by atoms with E-state index in [0.717, 1.165) is 19.6 Å². The lowest BCUT2D eigenvalue weighted by atomic mass is 10.3. The summed E-state index contributed by atoms with van der Waals surface area (Å²) in [6.07, 6.45) is 10.7. The summed E-state index contributed by atoms with van der Waals surface area (Å²) >= 11 is 0. The van der Waals surface area contributed by atoms with E-state index >= 15 is 0 Å². The van der Waals surface area contributed by atoms with Crippen molar-refractivity contribution in [1.82, 2.24) is 0 Å². The third-order valence-electron chi connectivity index (χ3n) is 1.58. The first kappa shape index (κ1) is 18.7. The number of rotatable bonds is 8. The topological polar surface area (TPSA) is 83.8 Å². The number of hydrogen-bond donors (Lipinski definition) is 2. The maximum absolute atomic E-state index is 8.74. The fraction of sp³-hybridized carbons (Fsp3) is 0.636. The molecule has 17 heavy (non-hydrogen) atoms. The lowest BCUT2D eigenvalue weighted by Gasteiger charge is -1.98. The zero-order valence-corrected chi connectivity index (χ0v) is 11.0. The summed E-state index contributed by atoms with van der Waals surface area (Å²) in [5.41, 5.74) is 0. The van der Waals surface area contributed by atoms with Crippen LogP contribution in [0.4, 0.5) is 0 Å². The molecular weight excluding hydrogens is 244 g/mol. The van der Waals surface area contributed by atoms with Crippen molar-refractivity contribution >= 4 is 10.4 Å². The van der Waals surface area contributed by atoms with Crippen LogP contribution in [0.5, 0.6) is 0 Å². The first-order valence-corrected chi connectivity index (χ1v) is 6.85. The second-order valence-corrected chi connectivity index (χ2v) is 4.12. The van der Waals surface area contributed by atoms with Crippen molar-refractivity contribution in [3.05, 3.63) is 24.8 Å². The van der Waals surface area contributed by atoms with Gasteiger partial charge in [-0.2, -0.15) is 8.42 Å². The van der Waals surface area contributed by atoms with Gasteiger partial charge in [-0.15, -0.1) is 6.58 Å². The molecule has 0 aromatic rings. The van der Waals surface area contributed by atoms with Gasteiger partial charge in [0.1, 0.15) is 0 Å². The number of unbranched alkanes of at least 4 members (excludes halogenated alkanes) is 2. The van der Waals surface area contributed by atoms with E-state index in [1.807, 2.05) is 12.2 Å². The quantitative estimate of drug-likeness (QED) is 0.401. The summed E-state index contributed by atoms with van der Waals surface area (Å²) < 4.78 is 36.9. The molecule has 0 aromatic carbocycles. The highest BCUT2D eigenvalue weighted by atomic mass is 32.3. The molecule has 0 rings (SSSR count). The largest absolute Gasteiger partial charge is 0.394 e. The van der Waals surface area contributed by atoms with Gasteiger partial charge < -0.3 is 4.74 Å². The Hall–Kier alpha value is -0.690. The number of allylic oxidation sites excluding steroid dienone is 2. The van der Waals surface area contributed by atoms with Gasteiger partial charge in [0.2, 0.25) is 0 Å². The minimum absolute atomic E-state index is 0.748. The molecule has 2 N–H and O–H groups in total. The van der Waals surface area contributed by atoms with Crippen LogP contribution in [-0.2, 0) is 15.1 Å². The molecule has 0 saturated carbocycles. The molecule has 0 aliphatic carbocycles. The molecule has 0 heterocycles. The molecule has 0 aromatic heterocycles. The molecule has 0 aliphatic heterocycles. The second-order valence-electron chi connectivity index (χ2n) is 3.23. The lowest BCUT2D eigenvalue weighted by molar-refractivity contribution is 0.157. The molecule has 0 radical (unpaired) electrons. The Kier molecular flexibility index (Phi) is 14.7. The van der Waals surface area contributed by atoms with Crippen LogP contribution in [0.3, 0.4) is 0 Å². The molecule has 0 unspecified atom stereocenters. The standard InChI is InChI=1S/C11H20O.H2O4S/c1-3-5-7-9-11-12-10-8-6-4-2;1-5(2,3)4/h3,7,9H,1,4-6,8,10-11H2,2H3;(H2,1,2,3,4). The fourth-order valence-electron chi connectivity index (χ4n) is 0.866. The van der Waals surface area contributed by atoms with Crippen LogP contribution in [0.15, 0.2) is 24.8 Å². The first-order valence-electron chi connectivity index (χ1n) is 5.45. The molecule has 0 aliphatic rings.